The molecule has 1 aliphatic rings. The molecular formula is C29H30ClN3O2S. The highest BCUT2D eigenvalue weighted by Crippen LogP contribution is 2.33. The first-order chi connectivity index (χ1) is 17.6. The summed E-state index contributed by atoms with van der Waals surface area (Å²) in [6.07, 6.45) is 2.66. The van der Waals surface area contributed by atoms with Gasteiger partial charge in [0.2, 0.25) is 5.88 Å². The van der Waals surface area contributed by atoms with E-state index in [-0.39, 0.29) is 6.04 Å². The number of nitrogens with zero attached hydrogens (tertiary/aromatic N) is 2. The SMILES string of the molecule is CCc1c(C(C)NSc2ccc3c(Cl)cccc3c2)ccnc1Oc1cccc(N2CCOCC2)c1. The number of rotatable bonds is 8. The van der Waals surface area contributed by atoms with Crippen LogP contribution in [0.2, 0.25) is 5.02 Å². The Morgan fingerprint density at radius 1 is 1.08 bits per heavy atom. The van der Waals surface area contributed by atoms with Crippen molar-refractivity contribution < 1.29 is 9.47 Å². The normalized spacial score (nSPS) is 14.7. The second-order valence-electron chi connectivity index (χ2n) is 8.80. The maximum absolute atomic E-state index is 6.33. The van der Waals surface area contributed by atoms with Crippen molar-refractivity contribution in [1.82, 2.24) is 9.71 Å². The predicted octanol–water partition coefficient (Wildman–Crippen LogP) is 7.44. The van der Waals surface area contributed by atoms with E-state index in [9.17, 15) is 0 Å². The van der Waals surface area contributed by atoms with Crippen molar-refractivity contribution in [2.45, 2.75) is 31.2 Å². The molecule has 1 aliphatic heterocycles. The number of halogens is 1. The molecule has 186 valence electrons. The Hall–Kier alpha value is -2.77. The first-order valence-electron chi connectivity index (χ1n) is 12.3. The molecule has 3 aromatic carbocycles. The molecule has 1 aromatic heterocycles. The lowest BCUT2D eigenvalue weighted by Crippen LogP contribution is -2.36. The Morgan fingerprint density at radius 2 is 1.92 bits per heavy atom. The monoisotopic (exact) mass is 519 g/mol. The molecular weight excluding hydrogens is 490 g/mol. The minimum atomic E-state index is 0.102. The van der Waals surface area contributed by atoms with Gasteiger partial charge in [0.1, 0.15) is 5.75 Å². The van der Waals surface area contributed by atoms with E-state index in [4.69, 9.17) is 21.1 Å². The molecule has 2 heterocycles. The van der Waals surface area contributed by atoms with Crippen LogP contribution in [0.1, 0.15) is 31.0 Å². The van der Waals surface area contributed by atoms with Crippen LogP contribution in [-0.4, -0.2) is 31.3 Å². The Bertz CT molecular complexity index is 1340. The summed E-state index contributed by atoms with van der Waals surface area (Å²) in [4.78, 5) is 8.05. The highest BCUT2D eigenvalue weighted by molar-refractivity contribution is 7.97. The first kappa shape index (κ1) is 24.9. The van der Waals surface area contributed by atoms with Crippen molar-refractivity contribution in [1.29, 1.82) is 0 Å². The number of benzene rings is 3. The molecule has 1 fully saturated rings. The highest BCUT2D eigenvalue weighted by atomic mass is 35.5. The molecule has 5 rings (SSSR count). The molecule has 0 bridgehead atoms. The van der Waals surface area contributed by atoms with E-state index in [1.54, 1.807) is 11.9 Å². The van der Waals surface area contributed by atoms with Gasteiger partial charge in [0.25, 0.3) is 0 Å². The van der Waals surface area contributed by atoms with E-state index in [0.29, 0.717) is 5.88 Å². The van der Waals surface area contributed by atoms with E-state index in [1.165, 1.54) is 5.56 Å². The van der Waals surface area contributed by atoms with Crippen molar-refractivity contribution >= 4 is 40.0 Å². The van der Waals surface area contributed by atoms with Gasteiger partial charge in [-0.15, -0.1) is 0 Å². The van der Waals surface area contributed by atoms with Gasteiger partial charge in [-0.2, -0.15) is 0 Å². The maximum Gasteiger partial charge on any atom is 0.222 e. The standard InChI is InChI=1S/C29H30ClN3O2S/c1-3-25-26(20(2)32-36-24-10-11-27-21(18-24)6-4-9-28(27)30)12-13-31-29(25)35-23-8-5-7-22(19-23)33-14-16-34-17-15-33/h4-13,18-20,32H,3,14-17H2,1-2H3. The Balaban J connectivity index is 1.31. The molecule has 1 N–H and O–H groups in total. The molecule has 0 spiro atoms. The summed E-state index contributed by atoms with van der Waals surface area (Å²) >= 11 is 7.94. The molecule has 1 unspecified atom stereocenters. The zero-order valence-corrected chi connectivity index (χ0v) is 22.1. The van der Waals surface area contributed by atoms with Gasteiger partial charge in [-0.25, -0.2) is 4.98 Å². The third-order valence-electron chi connectivity index (χ3n) is 6.43. The largest absolute Gasteiger partial charge is 0.439 e. The number of hydrogen-bond donors (Lipinski definition) is 1. The number of pyridine rings is 1. The molecule has 0 amide bonds. The molecule has 1 saturated heterocycles. The van der Waals surface area contributed by atoms with Gasteiger partial charge in [0.05, 0.1) is 13.2 Å². The summed E-state index contributed by atoms with van der Waals surface area (Å²) in [6, 6.07) is 22.7. The van der Waals surface area contributed by atoms with Crippen LogP contribution in [0, 0.1) is 0 Å². The van der Waals surface area contributed by atoms with Gasteiger partial charge < -0.3 is 14.4 Å². The van der Waals surface area contributed by atoms with Gasteiger partial charge in [0.15, 0.2) is 0 Å². The maximum atomic E-state index is 6.33. The fourth-order valence-electron chi connectivity index (χ4n) is 4.52. The average Bonchev–Trinajstić information content (AvgIpc) is 2.92. The molecule has 0 aliphatic carbocycles. The fourth-order valence-corrected chi connectivity index (χ4v) is 5.53. The van der Waals surface area contributed by atoms with Crippen molar-refractivity contribution in [2.24, 2.45) is 0 Å². The van der Waals surface area contributed by atoms with E-state index >= 15 is 0 Å². The number of anilines is 1. The molecule has 4 aromatic rings. The Morgan fingerprint density at radius 3 is 2.75 bits per heavy atom. The summed E-state index contributed by atoms with van der Waals surface area (Å²) < 4.78 is 15.4. The zero-order valence-electron chi connectivity index (χ0n) is 20.5. The van der Waals surface area contributed by atoms with Gasteiger partial charge >= 0.3 is 0 Å². The summed E-state index contributed by atoms with van der Waals surface area (Å²) in [5.74, 6) is 1.45. The van der Waals surface area contributed by atoms with Gasteiger partial charge in [-0.1, -0.05) is 42.8 Å². The minimum Gasteiger partial charge on any atom is -0.439 e. The van der Waals surface area contributed by atoms with Crippen molar-refractivity contribution in [2.75, 3.05) is 31.2 Å². The van der Waals surface area contributed by atoms with Crippen LogP contribution in [-0.2, 0) is 11.2 Å². The summed E-state index contributed by atoms with van der Waals surface area (Å²) in [5, 5.41) is 2.98. The lowest BCUT2D eigenvalue weighted by Gasteiger charge is -2.29. The number of morpholine rings is 1. The van der Waals surface area contributed by atoms with Crippen LogP contribution in [0.5, 0.6) is 11.6 Å². The second kappa shape index (κ2) is 11.5. The van der Waals surface area contributed by atoms with Crippen LogP contribution in [0.4, 0.5) is 5.69 Å². The topological polar surface area (TPSA) is 46.6 Å². The molecule has 5 nitrogen and oxygen atoms in total. The van der Waals surface area contributed by atoms with Gasteiger partial charge in [0, 0.05) is 57.9 Å². The number of fused-ring (bicyclic) bond motifs is 1. The number of hydrogen-bond acceptors (Lipinski definition) is 6. The van der Waals surface area contributed by atoms with E-state index < -0.39 is 0 Å². The van der Waals surface area contributed by atoms with Crippen LogP contribution in [0.3, 0.4) is 0 Å². The zero-order chi connectivity index (χ0) is 24.9. The van der Waals surface area contributed by atoms with Gasteiger partial charge in [-0.3, -0.25) is 4.72 Å². The van der Waals surface area contributed by atoms with E-state index in [1.807, 2.05) is 30.5 Å². The minimum absolute atomic E-state index is 0.102. The molecule has 7 heteroatoms. The van der Waals surface area contributed by atoms with Crippen molar-refractivity contribution in [3.05, 3.63) is 89.1 Å². The van der Waals surface area contributed by atoms with E-state index in [2.05, 4.69) is 70.9 Å². The van der Waals surface area contributed by atoms with Crippen LogP contribution >= 0.6 is 23.5 Å². The van der Waals surface area contributed by atoms with E-state index in [0.717, 1.165) is 70.4 Å². The average molecular weight is 520 g/mol. The summed E-state index contributed by atoms with van der Waals surface area (Å²) in [7, 11) is 0. The van der Waals surface area contributed by atoms with Crippen molar-refractivity contribution in [3.8, 4) is 11.6 Å². The third-order valence-corrected chi connectivity index (χ3v) is 7.72. The number of aromatic nitrogens is 1. The molecule has 0 saturated carbocycles. The lowest BCUT2D eigenvalue weighted by molar-refractivity contribution is 0.122. The van der Waals surface area contributed by atoms with Gasteiger partial charge in [-0.05, 0) is 72.6 Å². The second-order valence-corrected chi connectivity index (χ2v) is 10.1. The lowest BCUT2D eigenvalue weighted by atomic mass is 10.0. The number of ether oxygens (including phenoxy) is 2. The molecule has 1 atom stereocenters. The highest BCUT2D eigenvalue weighted by Gasteiger charge is 2.17. The molecule has 0 radical (unpaired) electrons. The van der Waals surface area contributed by atoms with Crippen LogP contribution in [0.15, 0.2) is 77.8 Å². The quantitative estimate of drug-likeness (QED) is 0.244. The fraction of sp³-hybridized carbons (Fsp3) is 0.276. The Labute approximate surface area is 221 Å². The molecule has 36 heavy (non-hydrogen) atoms. The summed E-state index contributed by atoms with van der Waals surface area (Å²) in [5.41, 5.74) is 3.44. The predicted molar refractivity (Wildman–Crippen MR) is 150 cm³/mol. The van der Waals surface area contributed by atoms with Crippen molar-refractivity contribution in [3.63, 3.8) is 0 Å². The van der Waals surface area contributed by atoms with Crippen LogP contribution < -0.4 is 14.4 Å². The van der Waals surface area contributed by atoms with Crippen LogP contribution in [0.25, 0.3) is 10.8 Å². The first-order valence-corrected chi connectivity index (χ1v) is 13.5. The smallest absolute Gasteiger partial charge is 0.222 e. The number of nitrogens with one attached hydrogen (secondary N) is 1. The third kappa shape index (κ3) is 5.62. The summed E-state index contributed by atoms with van der Waals surface area (Å²) in [6.45, 7) is 7.60. The Kier molecular flexibility index (Phi) is 7.97.